The number of esters is 1. The maximum Gasteiger partial charge on any atom is 0.306 e. The molecule has 0 aromatic heterocycles. The Morgan fingerprint density at radius 3 is 1.39 bits per heavy atom. The lowest BCUT2D eigenvalue weighted by Crippen LogP contribution is -2.46. The summed E-state index contributed by atoms with van der Waals surface area (Å²) in [4.78, 5) is 26.0. The van der Waals surface area contributed by atoms with Crippen molar-refractivity contribution in [3.05, 3.63) is 24.3 Å². The maximum absolute atomic E-state index is 13.1. The zero-order valence-corrected chi connectivity index (χ0v) is 37.5. The molecule has 0 spiro atoms. The van der Waals surface area contributed by atoms with E-state index in [0.717, 1.165) is 64.2 Å². The summed E-state index contributed by atoms with van der Waals surface area (Å²) in [7, 11) is 0. The summed E-state index contributed by atoms with van der Waals surface area (Å²) in [6.45, 7) is 6.44. The molecule has 3 N–H and O–H groups in total. The summed E-state index contributed by atoms with van der Waals surface area (Å²) in [6.07, 6.45) is 49.5. The SMILES string of the molecule is CCCCC/C=C\C/C=C\CCCCCCCCCC(CC(=O)NC(CO)C(O)CCCCCCCCCCCCC)OC(=O)CCCCCCCCCCC. The minimum Gasteiger partial charge on any atom is -0.462 e. The van der Waals surface area contributed by atoms with Crippen molar-refractivity contribution in [1.82, 2.24) is 5.32 Å². The summed E-state index contributed by atoms with van der Waals surface area (Å²) >= 11 is 0. The summed E-state index contributed by atoms with van der Waals surface area (Å²) in [5.41, 5.74) is 0. The zero-order chi connectivity index (χ0) is 41.0. The van der Waals surface area contributed by atoms with Crippen LogP contribution in [0.2, 0.25) is 0 Å². The van der Waals surface area contributed by atoms with E-state index in [9.17, 15) is 19.8 Å². The fraction of sp³-hybridized carbons (Fsp3) is 0.880. The number of carbonyl (C=O) groups is 2. The van der Waals surface area contributed by atoms with Crippen molar-refractivity contribution < 1.29 is 24.5 Å². The van der Waals surface area contributed by atoms with Crippen LogP contribution in [-0.2, 0) is 14.3 Å². The van der Waals surface area contributed by atoms with Crippen LogP contribution in [0.15, 0.2) is 24.3 Å². The Hall–Kier alpha value is -1.66. The van der Waals surface area contributed by atoms with Gasteiger partial charge < -0.3 is 20.3 Å². The van der Waals surface area contributed by atoms with Crippen LogP contribution in [-0.4, -0.2) is 46.9 Å². The topological polar surface area (TPSA) is 95.9 Å². The minimum absolute atomic E-state index is 0.0767. The molecule has 0 radical (unpaired) electrons. The Labute approximate surface area is 348 Å². The number of aliphatic hydroxyl groups excluding tert-OH is 2. The van der Waals surface area contributed by atoms with Crippen molar-refractivity contribution in [3.8, 4) is 0 Å². The van der Waals surface area contributed by atoms with Crippen LogP contribution in [0.1, 0.15) is 258 Å². The number of amides is 1. The highest BCUT2D eigenvalue weighted by Crippen LogP contribution is 2.18. The first-order chi connectivity index (χ1) is 27.5. The van der Waals surface area contributed by atoms with Gasteiger partial charge >= 0.3 is 5.97 Å². The molecule has 330 valence electrons. The zero-order valence-electron chi connectivity index (χ0n) is 37.5. The molecule has 0 saturated heterocycles. The van der Waals surface area contributed by atoms with E-state index in [1.54, 1.807) is 0 Å². The molecule has 0 bridgehead atoms. The first-order valence-corrected chi connectivity index (χ1v) is 24.6. The number of ether oxygens (including phenoxy) is 1. The van der Waals surface area contributed by atoms with Crippen molar-refractivity contribution in [2.75, 3.05) is 6.61 Å². The summed E-state index contributed by atoms with van der Waals surface area (Å²) in [5.74, 6) is -0.474. The molecule has 6 heteroatoms. The third-order valence-corrected chi connectivity index (χ3v) is 11.3. The lowest BCUT2D eigenvalue weighted by molar-refractivity contribution is -0.151. The van der Waals surface area contributed by atoms with Gasteiger partial charge in [0.05, 0.1) is 25.2 Å². The molecule has 0 fully saturated rings. The van der Waals surface area contributed by atoms with Crippen molar-refractivity contribution in [1.29, 1.82) is 0 Å². The van der Waals surface area contributed by atoms with Gasteiger partial charge in [0.2, 0.25) is 5.91 Å². The quantitative estimate of drug-likeness (QED) is 0.0324. The number of aliphatic hydroxyl groups is 2. The first kappa shape index (κ1) is 54.3. The number of nitrogens with one attached hydrogen (secondary N) is 1. The van der Waals surface area contributed by atoms with E-state index >= 15 is 0 Å². The fourth-order valence-electron chi connectivity index (χ4n) is 7.52. The Balaban J connectivity index is 4.55. The van der Waals surface area contributed by atoms with Crippen molar-refractivity contribution in [3.63, 3.8) is 0 Å². The van der Waals surface area contributed by atoms with Gasteiger partial charge in [0.1, 0.15) is 6.10 Å². The molecule has 1 amide bonds. The van der Waals surface area contributed by atoms with Gasteiger partial charge in [-0.25, -0.2) is 0 Å². The molecule has 0 aromatic carbocycles. The van der Waals surface area contributed by atoms with E-state index in [1.807, 2.05) is 0 Å². The van der Waals surface area contributed by atoms with E-state index in [0.29, 0.717) is 19.3 Å². The van der Waals surface area contributed by atoms with E-state index in [-0.39, 0.29) is 24.9 Å². The van der Waals surface area contributed by atoms with Crippen LogP contribution in [0, 0.1) is 0 Å². The molecule has 3 unspecified atom stereocenters. The fourth-order valence-corrected chi connectivity index (χ4v) is 7.52. The first-order valence-electron chi connectivity index (χ1n) is 24.6. The molecule has 0 aliphatic heterocycles. The van der Waals surface area contributed by atoms with Crippen molar-refractivity contribution in [2.45, 2.75) is 277 Å². The summed E-state index contributed by atoms with van der Waals surface area (Å²) in [5, 5.41) is 23.7. The lowest BCUT2D eigenvalue weighted by atomic mass is 10.0. The van der Waals surface area contributed by atoms with Gasteiger partial charge in [0.15, 0.2) is 0 Å². The molecule has 0 saturated carbocycles. The second-order valence-electron chi connectivity index (χ2n) is 16.9. The maximum atomic E-state index is 13.1. The van der Waals surface area contributed by atoms with E-state index < -0.39 is 18.2 Å². The van der Waals surface area contributed by atoms with Crippen molar-refractivity contribution >= 4 is 11.9 Å². The average Bonchev–Trinajstić information content (AvgIpc) is 3.19. The van der Waals surface area contributed by atoms with Crippen LogP contribution < -0.4 is 5.32 Å². The highest BCUT2D eigenvalue weighted by Gasteiger charge is 2.24. The summed E-state index contributed by atoms with van der Waals surface area (Å²) < 4.78 is 5.91. The Morgan fingerprint density at radius 1 is 0.518 bits per heavy atom. The van der Waals surface area contributed by atoms with Crippen LogP contribution in [0.25, 0.3) is 0 Å². The molecule has 56 heavy (non-hydrogen) atoms. The van der Waals surface area contributed by atoms with E-state index in [4.69, 9.17) is 4.74 Å². The molecule has 3 atom stereocenters. The number of hydrogen-bond donors (Lipinski definition) is 3. The third-order valence-electron chi connectivity index (χ3n) is 11.3. The molecule has 0 aromatic rings. The van der Waals surface area contributed by atoms with Gasteiger partial charge in [-0.05, 0) is 57.8 Å². The van der Waals surface area contributed by atoms with E-state index in [1.165, 1.54) is 148 Å². The predicted octanol–water partition coefficient (Wildman–Crippen LogP) is 14.3. The molecule has 0 heterocycles. The van der Waals surface area contributed by atoms with Crippen LogP contribution in [0.4, 0.5) is 0 Å². The monoisotopic (exact) mass is 790 g/mol. The lowest BCUT2D eigenvalue weighted by Gasteiger charge is -2.24. The van der Waals surface area contributed by atoms with Gasteiger partial charge in [-0.15, -0.1) is 0 Å². The minimum atomic E-state index is -0.784. The molecule has 0 aliphatic rings. The largest absolute Gasteiger partial charge is 0.462 e. The number of unbranched alkanes of at least 4 members (excludes halogenated alkanes) is 28. The molecular weight excluding hydrogens is 695 g/mol. The average molecular weight is 790 g/mol. The number of carbonyl (C=O) groups excluding carboxylic acids is 2. The van der Waals surface area contributed by atoms with Gasteiger partial charge in [0.25, 0.3) is 0 Å². The van der Waals surface area contributed by atoms with Crippen LogP contribution in [0.3, 0.4) is 0 Å². The smallest absolute Gasteiger partial charge is 0.306 e. The summed E-state index contributed by atoms with van der Waals surface area (Å²) in [6, 6.07) is -0.698. The van der Waals surface area contributed by atoms with Gasteiger partial charge in [0, 0.05) is 6.42 Å². The van der Waals surface area contributed by atoms with E-state index in [2.05, 4.69) is 50.4 Å². The second-order valence-corrected chi connectivity index (χ2v) is 16.9. The van der Waals surface area contributed by atoms with Crippen LogP contribution >= 0.6 is 0 Å². The highest BCUT2D eigenvalue weighted by molar-refractivity contribution is 5.77. The number of allylic oxidation sites excluding steroid dienone is 4. The molecular formula is C50H95NO5. The standard InChI is InChI=1S/C50H95NO5/c1-4-7-10-13-16-19-21-22-23-24-25-26-28-30-32-35-38-41-46(56-50(55)43-40-37-34-29-18-15-12-9-6-3)44-49(54)51-47(45-52)48(53)42-39-36-33-31-27-20-17-14-11-8-5-2/h16,19,22-23,46-48,52-53H,4-15,17-18,20-21,24-45H2,1-3H3,(H,51,54)/b19-16-,23-22-. The van der Waals surface area contributed by atoms with Gasteiger partial charge in [-0.3, -0.25) is 9.59 Å². The third kappa shape index (κ3) is 39.2. The Bertz CT molecular complexity index is 889. The second kappa shape index (κ2) is 44.4. The van der Waals surface area contributed by atoms with Crippen LogP contribution in [0.5, 0.6) is 0 Å². The predicted molar refractivity (Wildman–Crippen MR) is 241 cm³/mol. The Morgan fingerprint density at radius 2 is 0.911 bits per heavy atom. The molecule has 0 rings (SSSR count). The Kier molecular flexibility index (Phi) is 43.1. The number of hydrogen-bond acceptors (Lipinski definition) is 5. The molecule has 0 aliphatic carbocycles. The normalized spacial score (nSPS) is 13.4. The number of rotatable bonds is 44. The van der Waals surface area contributed by atoms with Gasteiger partial charge in [-0.2, -0.15) is 0 Å². The van der Waals surface area contributed by atoms with Gasteiger partial charge in [-0.1, -0.05) is 212 Å². The highest BCUT2D eigenvalue weighted by atomic mass is 16.5. The van der Waals surface area contributed by atoms with Crippen molar-refractivity contribution in [2.24, 2.45) is 0 Å². The molecule has 6 nitrogen and oxygen atoms in total.